The van der Waals surface area contributed by atoms with E-state index in [-0.39, 0.29) is 12.5 Å². The van der Waals surface area contributed by atoms with Crippen LogP contribution >= 0.6 is 23.2 Å². The Kier molecular flexibility index (Phi) is 4.28. The molecular formula is C17H13Cl2NO3. The Morgan fingerprint density at radius 1 is 1.22 bits per heavy atom. The van der Waals surface area contributed by atoms with Gasteiger partial charge in [-0.3, -0.25) is 9.59 Å². The summed E-state index contributed by atoms with van der Waals surface area (Å²) in [6, 6.07) is 10.1. The molecule has 0 radical (unpaired) electrons. The number of fused-ring (bicyclic) bond motifs is 1. The predicted octanol–water partition coefficient (Wildman–Crippen LogP) is 4.12. The van der Waals surface area contributed by atoms with Crippen molar-refractivity contribution in [3.05, 3.63) is 57.6 Å². The molecule has 3 rings (SSSR count). The van der Waals surface area contributed by atoms with Crippen molar-refractivity contribution >= 4 is 41.1 Å². The van der Waals surface area contributed by atoms with Crippen LogP contribution < -0.4 is 9.64 Å². The first-order chi connectivity index (χ1) is 11.0. The van der Waals surface area contributed by atoms with Crippen LogP contribution in [0.3, 0.4) is 0 Å². The second-order valence-corrected chi connectivity index (χ2v) is 6.04. The number of carbonyl (C=O) groups is 2. The summed E-state index contributed by atoms with van der Waals surface area (Å²) >= 11 is 12.4. The summed E-state index contributed by atoms with van der Waals surface area (Å²) in [7, 11) is 0. The van der Waals surface area contributed by atoms with E-state index in [0.717, 1.165) is 6.29 Å². The molecule has 0 fully saturated rings. The first-order valence-corrected chi connectivity index (χ1v) is 7.77. The normalized spacial score (nSPS) is 16.7. The molecule has 0 saturated carbocycles. The van der Waals surface area contributed by atoms with Gasteiger partial charge in [-0.25, -0.2) is 0 Å². The van der Waals surface area contributed by atoms with Crippen molar-refractivity contribution in [1.29, 1.82) is 0 Å². The molecular weight excluding hydrogens is 337 g/mol. The number of ether oxygens (including phenoxy) is 1. The van der Waals surface area contributed by atoms with E-state index in [4.69, 9.17) is 27.9 Å². The van der Waals surface area contributed by atoms with Crippen LogP contribution in [-0.2, 0) is 11.3 Å². The van der Waals surface area contributed by atoms with E-state index in [0.29, 0.717) is 32.6 Å². The summed E-state index contributed by atoms with van der Waals surface area (Å²) < 4.78 is 5.60. The van der Waals surface area contributed by atoms with E-state index < -0.39 is 6.10 Å². The van der Waals surface area contributed by atoms with Gasteiger partial charge < -0.3 is 9.64 Å². The Balaban J connectivity index is 2.07. The van der Waals surface area contributed by atoms with E-state index in [1.807, 2.05) is 0 Å². The number of halogens is 2. The van der Waals surface area contributed by atoms with Crippen molar-refractivity contribution in [2.75, 3.05) is 4.90 Å². The smallest absolute Gasteiger partial charge is 0.268 e. The van der Waals surface area contributed by atoms with E-state index in [1.165, 1.54) is 0 Å². The lowest BCUT2D eigenvalue weighted by atomic mass is 10.1. The predicted molar refractivity (Wildman–Crippen MR) is 89.6 cm³/mol. The van der Waals surface area contributed by atoms with Crippen LogP contribution in [0, 0.1) is 0 Å². The molecule has 0 N–H and O–H groups in total. The van der Waals surface area contributed by atoms with E-state index >= 15 is 0 Å². The summed E-state index contributed by atoms with van der Waals surface area (Å²) in [6.45, 7) is 1.89. The van der Waals surface area contributed by atoms with Gasteiger partial charge in [0.1, 0.15) is 12.0 Å². The van der Waals surface area contributed by atoms with Gasteiger partial charge in [0.05, 0.1) is 12.2 Å². The third-order valence-corrected chi connectivity index (χ3v) is 4.41. The third kappa shape index (κ3) is 2.92. The molecule has 1 unspecified atom stereocenters. The van der Waals surface area contributed by atoms with E-state index in [9.17, 15) is 9.59 Å². The zero-order chi connectivity index (χ0) is 16.6. The lowest BCUT2D eigenvalue weighted by Crippen LogP contribution is -2.44. The number of anilines is 1. The quantitative estimate of drug-likeness (QED) is 0.783. The fourth-order valence-electron chi connectivity index (χ4n) is 2.50. The standard InChI is InChI=1S/C17H13Cl2NO3/c1-10-17(22)20(8-12-13(18)3-2-4-14(12)19)15-7-11(9-21)5-6-16(15)23-10/h2-7,9-10H,8H2,1H3. The highest BCUT2D eigenvalue weighted by molar-refractivity contribution is 6.36. The zero-order valence-electron chi connectivity index (χ0n) is 12.3. The highest BCUT2D eigenvalue weighted by Crippen LogP contribution is 2.37. The van der Waals surface area contributed by atoms with Crippen LogP contribution in [0.25, 0.3) is 0 Å². The van der Waals surface area contributed by atoms with Crippen molar-refractivity contribution < 1.29 is 14.3 Å². The molecule has 118 valence electrons. The maximum absolute atomic E-state index is 12.5. The number of nitrogens with zero attached hydrogens (tertiary/aromatic N) is 1. The van der Waals surface area contributed by atoms with Gasteiger partial charge in [0.15, 0.2) is 6.10 Å². The average Bonchev–Trinajstić information content (AvgIpc) is 2.54. The molecule has 2 aromatic carbocycles. The van der Waals surface area contributed by atoms with Crippen LogP contribution in [0.2, 0.25) is 10.0 Å². The number of carbonyl (C=O) groups excluding carboxylic acids is 2. The van der Waals surface area contributed by atoms with Gasteiger partial charge in [0.2, 0.25) is 0 Å². The van der Waals surface area contributed by atoms with Crippen molar-refractivity contribution in [3.8, 4) is 5.75 Å². The van der Waals surface area contributed by atoms with Gasteiger partial charge in [-0.2, -0.15) is 0 Å². The number of rotatable bonds is 3. The fraction of sp³-hybridized carbons (Fsp3) is 0.176. The van der Waals surface area contributed by atoms with Crippen molar-refractivity contribution in [1.82, 2.24) is 0 Å². The molecule has 0 spiro atoms. The molecule has 4 nitrogen and oxygen atoms in total. The van der Waals surface area contributed by atoms with E-state index in [1.54, 1.807) is 48.2 Å². The Labute approximate surface area is 143 Å². The molecule has 1 atom stereocenters. The summed E-state index contributed by atoms with van der Waals surface area (Å²) in [6.07, 6.45) is 0.106. The summed E-state index contributed by atoms with van der Waals surface area (Å²) in [5.74, 6) is 0.336. The van der Waals surface area contributed by atoms with Crippen molar-refractivity contribution in [3.63, 3.8) is 0 Å². The first-order valence-electron chi connectivity index (χ1n) is 7.01. The maximum atomic E-state index is 12.5. The minimum atomic E-state index is -0.620. The summed E-state index contributed by atoms with van der Waals surface area (Å²) in [5.41, 5.74) is 1.65. The number of aldehydes is 1. The molecule has 0 saturated heterocycles. The van der Waals surface area contributed by atoms with Gasteiger partial charge in [0.25, 0.3) is 5.91 Å². The summed E-state index contributed by atoms with van der Waals surface area (Å²) in [4.78, 5) is 25.1. The number of hydrogen-bond donors (Lipinski definition) is 0. The highest BCUT2D eigenvalue weighted by atomic mass is 35.5. The van der Waals surface area contributed by atoms with Crippen LogP contribution in [-0.4, -0.2) is 18.3 Å². The first kappa shape index (κ1) is 15.8. The third-order valence-electron chi connectivity index (χ3n) is 3.71. The number of hydrogen-bond acceptors (Lipinski definition) is 3. The molecule has 1 amide bonds. The molecule has 6 heteroatoms. The minimum absolute atomic E-state index is 0.209. The maximum Gasteiger partial charge on any atom is 0.268 e. The average molecular weight is 350 g/mol. The molecule has 0 aliphatic carbocycles. The van der Waals surface area contributed by atoms with Crippen LogP contribution in [0.15, 0.2) is 36.4 Å². The summed E-state index contributed by atoms with van der Waals surface area (Å²) in [5, 5.41) is 0.968. The second-order valence-electron chi connectivity index (χ2n) is 5.23. The fourth-order valence-corrected chi connectivity index (χ4v) is 3.02. The van der Waals surface area contributed by atoms with Crippen LogP contribution in [0.5, 0.6) is 5.75 Å². The van der Waals surface area contributed by atoms with Crippen LogP contribution in [0.4, 0.5) is 5.69 Å². The number of benzene rings is 2. The second kappa shape index (κ2) is 6.22. The molecule has 1 heterocycles. The van der Waals surface area contributed by atoms with Gasteiger partial charge in [-0.05, 0) is 37.3 Å². The Bertz CT molecular complexity index is 771. The Morgan fingerprint density at radius 2 is 1.91 bits per heavy atom. The molecule has 1 aliphatic heterocycles. The topological polar surface area (TPSA) is 46.6 Å². The lowest BCUT2D eigenvalue weighted by molar-refractivity contribution is -0.125. The zero-order valence-corrected chi connectivity index (χ0v) is 13.8. The monoisotopic (exact) mass is 349 g/mol. The Morgan fingerprint density at radius 3 is 2.57 bits per heavy atom. The largest absolute Gasteiger partial charge is 0.479 e. The molecule has 0 bridgehead atoms. The minimum Gasteiger partial charge on any atom is -0.479 e. The highest BCUT2D eigenvalue weighted by Gasteiger charge is 2.32. The lowest BCUT2D eigenvalue weighted by Gasteiger charge is -2.33. The number of amides is 1. The molecule has 2 aromatic rings. The van der Waals surface area contributed by atoms with Gasteiger partial charge in [-0.1, -0.05) is 29.3 Å². The van der Waals surface area contributed by atoms with Gasteiger partial charge in [0, 0.05) is 21.2 Å². The van der Waals surface area contributed by atoms with Gasteiger partial charge >= 0.3 is 0 Å². The molecule has 1 aliphatic rings. The van der Waals surface area contributed by atoms with Crippen molar-refractivity contribution in [2.24, 2.45) is 0 Å². The van der Waals surface area contributed by atoms with Gasteiger partial charge in [-0.15, -0.1) is 0 Å². The van der Waals surface area contributed by atoms with Crippen LogP contribution in [0.1, 0.15) is 22.8 Å². The van der Waals surface area contributed by atoms with E-state index in [2.05, 4.69) is 0 Å². The SMILES string of the molecule is CC1Oc2ccc(C=O)cc2N(Cc2c(Cl)cccc2Cl)C1=O. The molecule has 0 aromatic heterocycles. The molecule has 23 heavy (non-hydrogen) atoms. The Hall–Kier alpha value is -2.04. The van der Waals surface area contributed by atoms with Crippen molar-refractivity contribution in [2.45, 2.75) is 19.6 Å².